The summed E-state index contributed by atoms with van der Waals surface area (Å²) < 4.78 is 24.5. The normalized spacial score (nSPS) is 18.8. The zero-order valence-electron chi connectivity index (χ0n) is 29.1. The zero-order valence-corrected chi connectivity index (χ0v) is 29.1. The number of aliphatic hydroxyl groups is 1. The van der Waals surface area contributed by atoms with Gasteiger partial charge >= 0.3 is 0 Å². The number of benzene rings is 5. The Morgan fingerprint density at radius 2 is 1.51 bits per heavy atom. The average Bonchev–Trinajstić information content (AvgIpc) is 3.19. The van der Waals surface area contributed by atoms with E-state index in [9.17, 15) is 9.90 Å². The maximum atomic E-state index is 12.7. The third-order valence-corrected chi connectivity index (χ3v) is 9.86. The predicted molar refractivity (Wildman–Crippen MR) is 196 cm³/mol. The number of amides is 1. The van der Waals surface area contributed by atoms with Gasteiger partial charge in [-0.15, -0.1) is 0 Å². The molecule has 8 heteroatoms. The molecule has 2 N–H and O–H groups in total. The summed E-state index contributed by atoms with van der Waals surface area (Å²) in [6.45, 7) is 2.90. The van der Waals surface area contributed by atoms with Crippen LogP contribution in [0.15, 0.2) is 115 Å². The summed E-state index contributed by atoms with van der Waals surface area (Å²) in [4.78, 5) is 15.2. The molecule has 0 saturated carbocycles. The molecule has 5 aromatic carbocycles. The molecule has 2 heterocycles. The highest BCUT2D eigenvalue weighted by molar-refractivity contribution is 5.94. The van der Waals surface area contributed by atoms with Crippen molar-refractivity contribution in [1.29, 1.82) is 0 Å². The summed E-state index contributed by atoms with van der Waals surface area (Å²) in [6, 6.07) is 37.9. The van der Waals surface area contributed by atoms with Gasteiger partial charge < -0.3 is 29.4 Å². The molecule has 1 amide bonds. The standard InChI is InChI=1S/C43H44N2O6/c1-48-40-22-34-20-21-45(26-36(34)23-41(40)49-2)27-37-24-39(31-14-12-29(28-46)13-15-31)51-43(50-37)33-18-16-30(17-19-33)38-11-7-6-10-35(38)25-44-42(47)32-8-4-3-5-9-32/h3-19,22-23,37,39,43,46H,20-21,24-28H2,1-2H3,(H,44,47)/t37-,39+,43+/m0/s1. The number of methoxy groups -OCH3 is 2. The Labute approximate surface area is 299 Å². The molecule has 2 aliphatic rings. The third-order valence-electron chi connectivity index (χ3n) is 9.86. The van der Waals surface area contributed by atoms with Crippen molar-refractivity contribution in [3.63, 3.8) is 0 Å². The largest absolute Gasteiger partial charge is 0.493 e. The van der Waals surface area contributed by atoms with Gasteiger partial charge in [-0.25, -0.2) is 0 Å². The Balaban J connectivity index is 1.09. The predicted octanol–water partition coefficient (Wildman–Crippen LogP) is 7.40. The van der Waals surface area contributed by atoms with Gasteiger partial charge in [0, 0.05) is 43.7 Å². The van der Waals surface area contributed by atoms with Crippen molar-refractivity contribution in [2.24, 2.45) is 0 Å². The molecule has 8 nitrogen and oxygen atoms in total. The van der Waals surface area contributed by atoms with Crippen LogP contribution in [-0.4, -0.2) is 49.3 Å². The van der Waals surface area contributed by atoms with E-state index >= 15 is 0 Å². The molecule has 0 aromatic heterocycles. The molecule has 3 atom stereocenters. The minimum Gasteiger partial charge on any atom is -0.493 e. The van der Waals surface area contributed by atoms with Crippen molar-refractivity contribution < 1.29 is 28.8 Å². The molecule has 51 heavy (non-hydrogen) atoms. The van der Waals surface area contributed by atoms with Gasteiger partial charge in [0.15, 0.2) is 17.8 Å². The molecule has 7 rings (SSSR count). The van der Waals surface area contributed by atoms with E-state index in [1.54, 1.807) is 14.2 Å². The van der Waals surface area contributed by atoms with E-state index < -0.39 is 6.29 Å². The molecule has 2 aliphatic heterocycles. The number of hydrogen-bond donors (Lipinski definition) is 2. The van der Waals surface area contributed by atoms with Crippen molar-refractivity contribution in [3.8, 4) is 22.6 Å². The third kappa shape index (κ3) is 8.00. The van der Waals surface area contributed by atoms with Crippen LogP contribution in [0.4, 0.5) is 0 Å². The van der Waals surface area contributed by atoms with Gasteiger partial charge in [0.25, 0.3) is 5.91 Å². The van der Waals surface area contributed by atoms with E-state index in [0.29, 0.717) is 18.5 Å². The smallest absolute Gasteiger partial charge is 0.251 e. The van der Waals surface area contributed by atoms with Crippen molar-refractivity contribution in [2.75, 3.05) is 27.3 Å². The lowest BCUT2D eigenvalue weighted by Gasteiger charge is -2.39. The highest BCUT2D eigenvalue weighted by atomic mass is 16.7. The average molecular weight is 685 g/mol. The molecule has 262 valence electrons. The second kappa shape index (κ2) is 15.9. The number of carbonyl (C=O) groups excluding carboxylic acids is 1. The van der Waals surface area contributed by atoms with Crippen LogP contribution in [0, 0.1) is 0 Å². The second-order valence-electron chi connectivity index (χ2n) is 13.1. The first-order valence-corrected chi connectivity index (χ1v) is 17.5. The van der Waals surface area contributed by atoms with Crippen molar-refractivity contribution in [2.45, 2.75) is 51.0 Å². The summed E-state index contributed by atoms with van der Waals surface area (Å²) in [5, 5.41) is 12.7. The number of nitrogens with one attached hydrogen (secondary N) is 1. The maximum Gasteiger partial charge on any atom is 0.251 e. The Hall–Kier alpha value is -4.99. The number of fused-ring (bicyclic) bond motifs is 1. The molecule has 5 aromatic rings. The first-order chi connectivity index (χ1) is 25.0. The van der Waals surface area contributed by atoms with Crippen LogP contribution < -0.4 is 14.8 Å². The lowest BCUT2D eigenvalue weighted by Crippen LogP contribution is -2.41. The molecular weight excluding hydrogens is 640 g/mol. The summed E-state index contributed by atoms with van der Waals surface area (Å²) in [6.07, 6.45) is 0.845. The highest BCUT2D eigenvalue weighted by Gasteiger charge is 2.34. The first-order valence-electron chi connectivity index (χ1n) is 17.5. The van der Waals surface area contributed by atoms with Gasteiger partial charge in [0.2, 0.25) is 0 Å². The monoisotopic (exact) mass is 684 g/mol. The minimum atomic E-state index is -0.554. The van der Waals surface area contributed by atoms with E-state index in [1.165, 1.54) is 11.1 Å². The lowest BCUT2D eigenvalue weighted by molar-refractivity contribution is -0.253. The quantitative estimate of drug-likeness (QED) is 0.150. The van der Waals surface area contributed by atoms with Crippen molar-refractivity contribution in [3.05, 3.63) is 154 Å². The fourth-order valence-corrected chi connectivity index (χ4v) is 7.06. The Morgan fingerprint density at radius 3 is 2.24 bits per heavy atom. The molecule has 1 saturated heterocycles. The van der Waals surface area contributed by atoms with Gasteiger partial charge in [-0.3, -0.25) is 9.69 Å². The van der Waals surface area contributed by atoms with E-state index in [4.69, 9.17) is 18.9 Å². The van der Waals surface area contributed by atoms with Crippen LogP contribution in [0.3, 0.4) is 0 Å². The van der Waals surface area contributed by atoms with Gasteiger partial charge in [-0.1, -0.05) is 91.0 Å². The van der Waals surface area contributed by atoms with Crippen LogP contribution in [0.2, 0.25) is 0 Å². The first kappa shape index (κ1) is 34.5. The summed E-state index contributed by atoms with van der Waals surface area (Å²) >= 11 is 0. The summed E-state index contributed by atoms with van der Waals surface area (Å²) in [5.74, 6) is 1.41. The fourth-order valence-electron chi connectivity index (χ4n) is 7.06. The van der Waals surface area contributed by atoms with Gasteiger partial charge in [0.05, 0.1) is 33.0 Å². The van der Waals surface area contributed by atoms with Crippen LogP contribution in [0.1, 0.15) is 62.6 Å². The van der Waals surface area contributed by atoms with E-state index in [2.05, 4.69) is 52.7 Å². The SMILES string of the molecule is COc1cc2c(cc1OC)CN(C[C@@H]1C[C@H](c3ccc(CO)cc3)O[C@H](c3ccc(-c4ccccc4CNC(=O)c4ccccc4)cc3)O1)CC2. The Kier molecular flexibility index (Phi) is 10.8. The van der Waals surface area contributed by atoms with Crippen molar-refractivity contribution in [1.82, 2.24) is 10.2 Å². The molecular formula is C43H44N2O6. The number of aliphatic hydroxyl groups excluding tert-OH is 1. The van der Waals surface area contributed by atoms with Gasteiger partial charge in [0.1, 0.15) is 0 Å². The molecule has 0 unspecified atom stereocenters. The zero-order chi connectivity index (χ0) is 35.2. The molecule has 1 fully saturated rings. The number of nitrogens with zero attached hydrogens (tertiary/aromatic N) is 1. The van der Waals surface area contributed by atoms with Crippen LogP contribution in [-0.2, 0) is 35.6 Å². The second-order valence-corrected chi connectivity index (χ2v) is 13.1. The Morgan fingerprint density at radius 1 is 0.824 bits per heavy atom. The highest BCUT2D eigenvalue weighted by Crippen LogP contribution is 2.40. The maximum absolute atomic E-state index is 12.7. The number of ether oxygens (including phenoxy) is 4. The fraction of sp³-hybridized carbons (Fsp3) is 0.279. The van der Waals surface area contributed by atoms with Crippen LogP contribution in [0.5, 0.6) is 11.5 Å². The molecule has 0 spiro atoms. The number of carbonyl (C=O) groups is 1. The van der Waals surface area contributed by atoms with E-state index in [-0.39, 0.29) is 24.7 Å². The van der Waals surface area contributed by atoms with Crippen LogP contribution >= 0.6 is 0 Å². The lowest BCUT2D eigenvalue weighted by atomic mass is 9.96. The van der Waals surface area contributed by atoms with E-state index in [0.717, 1.165) is 70.9 Å². The number of hydrogen-bond acceptors (Lipinski definition) is 7. The Bertz CT molecular complexity index is 1930. The number of rotatable bonds is 11. The van der Waals surface area contributed by atoms with Crippen molar-refractivity contribution >= 4 is 5.91 Å². The van der Waals surface area contributed by atoms with Gasteiger partial charge in [-0.2, -0.15) is 0 Å². The summed E-state index contributed by atoms with van der Waals surface area (Å²) in [7, 11) is 3.35. The van der Waals surface area contributed by atoms with Crippen LogP contribution in [0.25, 0.3) is 11.1 Å². The summed E-state index contributed by atoms with van der Waals surface area (Å²) in [5.41, 5.74) is 9.18. The van der Waals surface area contributed by atoms with Gasteiger partial charge in [-0.05, 0) is 69.6 Å². The topological polar surface area (TPSA) is 89.5 Å². The molecule has 0 radical (unpaired) electrons. The molecule has 0 bridgehead atoms. The molecule has 0 aliphatic carbocycles. The van der Waals surface area contributed by atoms with E-state index in [1.807, 2.05) is 72.8 Å². The minimum absolute atomic E-state index is 0.00212.